The molecule has 0 aromatic heterocycles. The van der Waals surface area contributed by atoms with Gasteiger partial charge in [0.1, 0.15) is 0 Å². The van der Waals surface area contributed by atoms with E-state index in [1.54, 1.807) is 6.92 Å². The molecular weight excluding hydrogens is 281 g/mol. The minimum atomic E-state index is -4.39. The summed E-state index contributed by atoms with van der Waals surface area (Å²) in [5.74, 6) is 0. The smallest absolute Gasteiger partial charge is 0.324 e. The van der Waals surface area contributed by atoms with Crippen LogP contribution < -0.4 is 10.5 Å². The zero-order valence-electron chi connectivity index (χ0n) is 10.2. The summed E-state index contributed by atoms with van der Waals surface area (Å²) in [4.78, 5) is -0.0842. The molecule has 1 aromatic rings. The van der Waals surface area contributed by atoms with E-state index >= 15 is 0 Å². The van der Waals surface area contributed by atoms with Crippen molar-refractivity contribution in [2.45, 2.75) is 30.5 Å². The maximum absolute atomic E-state index is 11.9. The SMILES string of the molecule is CC(N)c1ccc(S(=O)(=O)NCCC(F)(F)F)cc1. The summed E-state index contributed by atoms with van der Waals surface area (Å²) in [7, 11) is -3.92. The number of halogens is 3. The Labute approximate surface area is 109 Å². The molecule has 0 aliphatic carbocycles. The first kappa shape index (κ1) is 15.9. The van der Waals surface area contributed by atoms with Crippen LogP contribution in [0.4, 0.5) is 13.2 Å². The van der Waals surface area contributed by atoms with Crippen molar-refractivity contribution in [2.24, 2.45) is 5.73 Å². The highest BCUT2D eigenvalue weighted by atomic mass is 32.2. The van der Waals surface area contributed by atoms with Crippen molar-refractivity contribution in [1.29, 1.82) is 0 Å². The third-order valence-corrected chi connectivity index (χ3v) is 3.89. The second kappa shape index (κ2) is 5.89. The minimum absolute atomic E-state index is 0.0842. The molecule has 19 heavy (non-hydrogen) atoms. The Morgan fingerprint density at radius 1 is 1.26 bits per heavy atom. The molecule has 3 N–H and O–H groups in total. The molecule has 0 fully saturated rings. The lowest BCUT2D eigenvalue weighted by Gasteiger charge is -2.10. The molecule has 0 bridgehead atoms. The molecule has 0 saturated carbocycles. The normalized spacial score (nSPS) is 14.4. The maximum atomic E-state index is 11.9. The molecule has 0 aliphatic heterocycles. The Hall–Kier alpha value is -1.12. The molecule has 1 rings (SSSR count). The Morgan fingerprint density at radius 2 is 1.79 bits per heavy atom. The maximum Gasteiger partial charge on any atom is 0.390 e. The van der Waals surface area contributed by atoms with Gasteiger partial charge in [-0.15, -0.1) is 0 Å². The second-order valence-electron chi connectivity index (χ2n) is 4.12. The number of benzene rings is 1. The van der Waals surface area contributed by atoms with Gasteiger partial charge in [0, 0.05) is 12.6 Å². The van der Waals surface area contributed by atoms with Gasteiger partial charge in [-0.1, -0.05) is 12.1 Å². The fourth-order valence-corrected chi connectivity index (χ4v) is 2.39. The van der Waals surface area contributed by atoms with E-state index in [1.165, 1.54) is 24.3 Å². The number of nitrogens with two attached hydrogens (primary N) is 1. The van der Waals surface area contributed by atoms with Gasteiger partial charge in [0.05, 0.1) is 11.3 Å². The first-order valence-electron chi connectivity index (χ1n) is 5.54. The van der Waals surface area contributed by atoms with Gasteiger partial charge in [-0.2, -0.15) is 13.2 Å². The number of hydrogen-bond donors (Lipinski definition) is 2. The van der Waals surface area contributed by atoms with Crippen LogP contribution in [0.5, 0.6) is 0 Å². The zero-order chi connectivity index (χ0) is 14.7. The number of alkyl halides is 3. The van der Waals surface area contributed by atoms with Crippen molar-refractivity contribution < 1.29 is 21.6 Å². The number of sulfonamides is 1. The largest absolute Gasteiger partial charge is 0.390 e. The highest BCUT2D eigenvalue weighted by Crippen LogP contribution is 2.19. The molecule has 0 heterocycles. The topological polar surface area (TPSA) is 72.2 Å². The van der Waals surface area contributed by atoms with Crippen molar-refractivity contribution >= 4 is 10.0 Å². The number of rotatable bonds is 5. The Bertz CT molecular complexity index is 510. The fourth-order valence-electron chi connectivity index (χ4n) is 1.36. The van der Waals surface area contributed by atoms with E-state index in [0.29, 0.717) is 0 Å². The molecular formula is C11H15F3N2O2S. The quantitative estimate of drug-likeness (QED) is 0.872. The van der Waals surface area contributed by atoms with Crippen molar-refractivity contribution in [1.82, 2.24) is 4.72 Å². The van der Waals surface area contributed by atoms with Crippen LogP contribution in [0.15, 0.2) is 29.2 Å². The molecule has 1 aromatic carbocycles. The Balaban J connectivity index is 2.72. The molecule has 1 atom stereocenters. The van der Waals surface area contributed by atoms with Gasteiger partial charge >= 0.3 is 6.18 Å². The predicted octanol–water partition coefficient (Wildman–Crippen LogP) is 1.94. The van der Waals surface area contributed by atoms with Crippen LogP contribution in [-0.2, 0) is 10.0 Å². The van der Waals surface area contributed by atoms with Gasteiger partial charge in [-0.05, 0) is 24.6 Å². The van der Waals surface area contributed by atoms with E-state index in [4.69, 9.17) is 5.73 Å². The first-order valence-corrected chi connectivity index (χ1v) is 7.02. The summed E-state index contributed by atoms with van der Waals surface area (Å²) in [5, 5.41) is 0. The van der Waals surface area contributed by atoms with Gasteiger partial charge in [0.25, 0.3) is 0 Å². The van der Waals surface area contributed by atoms with E-state index < -0.39 is 29.2 Å². The van der Waals surface area contributed by atoms with E-state index in [2.05, 4.69) is 0 Å². The average molecular weight is 296 g/mol. The van der Waals surface area contributed by atoms with Crippen molar-refractivity contribution in [2.75, 3.05) is 6.54 Å². The molecule has 0 radical (unpaired) electrons. The lowest BCUT2D eigenvalue weighted by molar-refractivity contribution is -0.132. The number of nitrogens with one attached hydrogen (secondary N) is 1. The van der Waals surface area contributed by atoms with Crippen LogP contribution in [0.2, 0.25) is 0 Å². The average Bonchev–Trinajstić information content (AvgIpc) is 2.27. The van der Waals surface area contributed by atoms with Crippen LogP contribution in [0, 0.1) is 0 Å². The summed E-state index contributed by atoms with van der Waals surface area (Å²) in [6, 6.07) is 5.45. The number of hydrogen-bond acceptors (Lipinski definition) is 3. The highest BCUT2D eigenvalue weighted by molar-refractivity contribution is 7.89. The summed E-state index contributed by atoms with van der Waals surface area (Å²) in [6.45, 7) is 1.06. The zero-order valence-corrected chi connectivity index (χ0v) is 11.1. The first-order chi connectivity index (χ1) is 8.62. The molecule has 1 unspecified atom stereocenters. The van der Waals surface area contributed by atoms with E-state index in [-0.39, 0.29) is 10.9 Å². The predicted molar refractivity (Wildman–Crippen MR) is 64.9 cm³/mol. The van der Waals surface area contributed by atoms with Gasteiger partial charge in [-0.3, -0.25) is 0 Å². The summed E-state index contributed by atoms with van der Waals surface area (Å²) >= 11 is 0. The molecule has 4 nitrogen and oxygen atoms in total. The lowest BCUT2D eigenvalue weighted by Crippen LogP contribution is -2.28. The van der Waals surface area contributed by atoms with Crippen LogP contribution in [0.25, 0.3) is 0 Å². The Kier molecular flexibility index (Phi) is 4.94. The van der Waals surface area contributed by atoms with E-state index in [1.807, 2.05) is 4.72 Å². The molecule has 108 valence electrons. The third-order valence-electron chi connectivity index (χ3n) is 2.42. The second-order valence-corrected chi connectivity index (χ2v) is 5.89. The van der Waals surface area contributed by atoms with Crippen LogP contribution in [-0.4, -0.2) is 21.1 Å². The molecule has 0 spiro atoms. The summed E-state index contributed by atoms with van der Waals surface area (Å²) in [5.41, 5.74) is 6.36. The fraction of sp³-hybridized carbons (Fsp3) is 0.455. The van der Waals surface area contributed by atoms with Crippen LogP contribution in [0.1, 0.15) is 24.9 Å². The van der Waals surface area contributed by atoms with Gasteiger partial charge in [0.2, 0.25) is 10.0 Å². The van der Waals surface area contributed by atoms with Gasteiger partial charge < -0.3 is 5.73 Å². The monoisotopic (exact) mass is 296 g/mol. The summed E-state index contributed by atoms with van der Waals surface area (Å²) < 4.78 is 61.1. The highest BCUT2D eigenvalue weighted by Gasteiger charge is 2.27. The molecule has 0 amide bonds. The molecule has 8 heteroatoms. The molecule has 0 saturated heterocycles. The van der Waals surface area contributed by atoms with Crippen molar-refractivity contribution in [3.8, 4) is 0 Å². The van der Waals surface area contributed by atoms with Crippen LogP contribution >= 0.6 is 0 Å². The van der Waals surface area contributed by atoms with Gasteiger partial charge in [0.15, 0.2) is 0 Å². The third kappa shape index (κ3) is 5.17. The van der Waals surface area contributed by atoms with Gasteiger partial charge in [-0.25, -0.2) is 13.1 Å². The Morgan fingerprint density at radius 3 is 2.21 bits per heavy atom. The van der Waals surface area contributed by atoms with Crippen molar-refractivity contribution in [3.63, 3.8) is 0 Å². The summed E-state index contributed by atoms with van der Waals surface area (Å²) in [6.07, 6.45) is -5.59. The van der Waals surface area contributed by atoms with E-state index in [9.17, 15) is 21.6 Å². The standard InChI is InChI=1S/C11H15F3N2O2S/c1-8(15)9-2-4-10(5-3-9)19(17,18)16-7-6-11(12,13)14/h2-5,8,16H,6-7,15H2,1H3. The van der Waals surface area contributed by atoms with E-state index in [0.717, 1.165) is 5.56 Å². The van der Waals surface area contributed by atoms with Crippen LogP contribution in [0.3, 0.4) is 0 Å². The van der Waals surface area contributed by atoms with Crippen molar-refractivity contribution in [3.05, 3.63) is 29.8 Å². The minimum Gasteiger partial charge on any atom is -0.324 e. The lowest BCUT2D eigenvalue weighted by atomic mass is 10.1. The molecule has 0 aliphatic rings.